The van der Waals surface area contributed by atoms with E-state index in [1.165, 1.54) is 4.90 Å². The summed E-state index contributed by atoms with van der Waals surface area (Å²) in [6.45, 7) is 3.18. The quantitative estimate of drug-likeness (QED) is 0.553. The summed E-state index contributed by atoms with van der Waals surface area (Å²) in [4.78, 5) is 14.6. The highest BCUT2D eigenvalue weighted by atomic mass is 31.2. The van der Waals surface area contributed by atoms with Crippen LogP contribution in [0, 0.1) is 6.92 Å². The van der Waals surface area contributed by atoms with E-state index >= 15 is 4.57 Å². The smallest absolute Gasteiger partial charge is 0.271 e. The number of hydrogen-bond donors (Lipinski definition) is 1. The molecule has 0 radical (unpaired) electrons. The topological polar surface area (TPSA) is 64.1 Å². The highest BCUT2D eigenvalue weighted by molar-refractivity contribution is 7.68. The van der Waals surface area contributed by atoms with Gasteiger partial charge in [-0.3, -0.25) is 14.3 Å². The molecule has 2 saturated heterocycles. The Morgan fingerprint density at radius 1 is 0.788 bits per heavy atom. The Morgan fingerprint density at radius 2 is 1.30 bits per heavy atom. The second kappa shape index (κ2) is 8.69. The maximum Gasteiger partial charge on any atom is 0.271 e. The number of aliphatic hydroxyl groups is 1. The summed E-state index contributed by atoms with van der Waals surface area (Å²) in [5.41, 5.74) is 2.64. The molecule has 2 heterocycles. The molecule has 6 nitrogen and oxygen atoms in total. The minimum Gasteiger partial charge on any atom is -0.372 e. The number of benzene rings is 3. The van der Waals surface area contributed by atoms with Gasteiger partial charge in [-0.15, -0.1) is 0 Å². The highest BCUT2D eigenvalue weighted by Crippen LogP contribution is 2.65. The van der Waals surface area contributed by atoms with E-state index in [9.17, 15) is 9.90 Å². The van der Waals surface area contributed by atoms with Crippen LogP contribution >= 0.6 is 7.44 Å². The van der Waals surface area contributed by atoms with Crippen molar-refractivity contribution in [1.29, 1.82) is 0 Å². The van der Waals surface area contributed by atoms with Crippen molar-refractivity contribution in [1.82, 2.24) is 0 Å². The average molecular weight is 462 g/mol. The van der Waals surface area contributed by atoms with Gasteiger partial charge < -0.3 is 14.4 Å². The van der Waals surface area contributed by atoms with Crippen LogP contribution in [0.2, 0.25) is 0 Å². The summed E-state index contributed by atoms with van der Waals surface area (Å²) in [5, 5.41) is 11.5. The molecule has 33 heavy (non-hydrogen) atoms. The first-order chi connectivity index (χ1) is 16.0. The van der Waals surface area contributed by atoms with Crippen molar-refractivity contribution < 1.29 is 14.5 Å². The van der Waals surface area contributed by atoms with Crippen molar-refractivity contribution in [2.45, 2.75) is 31.7 Å². The fourth-order valence-corrected chi connectivity index (χ4v) is 8.57. The van der Waals surface area contributed by atoms with E-state index in [1.807, 2.05) is 101 Å². The minimum absolute atomic E-state index is 0.0268. The number of nitrogens with zero attached hydrogens (tertiary/aromatic N) is 3. The van der Waals surface area contributed by atoms with Crippen molar-refractivity contribution in [2.75, 3.05) is 27.3 Å². The normalized spacial score (nSPS) is 22.6. The van der Waals surface area contributed by atoms with Crippen LogP contribution in [0.5, 0.6) is 0 Å². The molecule has 1 N–H and O–H groups in total. The van der Waals surface area contributed by atoms with Crippen LogP contribution in [-0.4, -0.2) is 36.0 Å². The van der Waals surface area contributed by atoms with Gasteiger partial charge in [-0.05, 0) is 49.7 Å². The molecular formula is C26H28N3O3P. The molecule has 0 spiro atoms. The number of carbonyl (C=O) groups excluding carboxylic acids is 1. The molecule has 0 bridgehead atoms. The van der Waals surface area contributed by atoms with Crippen molar-refractivity contribution in [3.8, 4) is 0 Å². The number of hydrogen-bond acceptors (Lipinski definition) is 3. The zero-order chi connectivity index (χ0) is 23.0. The van der Waals surface area contributed by atoms with E-state index in [2.05, 4.69) is 0 Å². The Bertz CT molecular complexity index is 1120. The van der Waals surface area contributed by atoms with Crippen molar-refractivity contribution in [3.63, 3.8) is 0 Å². The third kappa shape index (κ3) is 3.73. The third-order valence-corrected chi connectivity index (χ3v) is 10.1. The van der Waals surface area contributed by atoms with Gasteiger partial charge in [-0.1, -0.05) is 54.1 Å². The molecule has 1 amide bonds. The Morgan fingerprint density at radius 3 is 1.82 bits per heavy atom. The van der Waals surface area contributed by atoms with Crippen LogP contribution in [0.15, 0.2) is 84.9 Å². The van der Waals surface area contributed by atoms with Crippen LogP contribution in [0.4, 0.5) is 17.1 Å². The first-order valence-corrected chi connectivity index (χ1v) is 13.0. The van der Waals surface area contributed by atoms with Gasteiger partial charge in [-0.25, -0.2) is 0 Å². The van der Waals surface area contributed by atoms with Crippen molar-refractivity contribution in [3.05, 3.63) is 90.5 Å². The van der Waals surface area contributed by atoms with Crippen molar-refractivity contribution >= 4 is 30.4 Å². The number of carbonyl (C=O) groups is 1. The summed E-state index contributed by atoms with van der Waals surface area (Å²) >= 11 is 0. The Kier molecular flexibility index (Phi) is 5.73. The lowest BCUT2D eigenvalue weighted by atomic mass is 10.2. The summed E-state index contributed by atoms with van der Waals surface area (Å²) < 4.78 is 19.1. The summed E-state index contributed by atoms with van der Waals surface area (Å²) in [6.07, 6.45) is -0.327. The van der Waals surface area contributed by atoms with E-state index in [1.54, 1.807) is 0 Å². The molecule has 2 atom stereocenters. The van der Waals surface area contributed by atoms with Crippen molar-refractivity contribution in [2.24, 2.45) is 0 Å². The second-order valence-corrected chi connectivity index (χ2v) is 11.5. The van der Waals surface area contributed by atoms with E-state index in [0.29, 0.717) is 18.8 Å². The largest absolute Gasteiger partial charge is 0.372 e. The molecule has 3 aromatic rings. The monoisotopic (exact) mass is 461 g/mol. The summed E-state index contributed by atoms with van der Waals surface area (Å²) in [6, 6.07) is 26.8. The number of para-hydroxylation sites is 2. The molecule has 7 heteroatoms. The maximum absolute atomic E-state index is 15.2. The van der Waals surface area contributed by atoms with Gasteiger partial charge >= 0.3 is 0 Å². The molecule has 170 valence electrons. The lowest BCUT2D eigenvalue weighted by Crippen LogP contribution is -2.47. The molecule has 0 aliphatic carbocycles. The first-order valence-electron chi connectivity index (χ1n) is 11.3. The summed E-state index contributed by atoms with van der Waals surface area (Å²) in [7, 11) is -3.43. The molecule has 5 rings (SSSR count). The highest BCUT2D eigenvalue weighted by Gasteiger charge is 2.56. The standard InChI is InChI=1S/C26H28N3O3P/c1-20-13-15-23(16-14-20)29-25(30)19-24(26(29)31)33(32)27(21-9-4-2-5-10-21)17-8-18-28(33)22-11-6-3-7-12-22/h2-7,9-16,24,26,31H,8,17-19H2,1H3. The predicted octanol–water partition coefficient (Wildman–Crippen LogP) is 5.03. The Hall–Kier alpha value is -3.08. The fraction of sp³-hybridized carbons (Fsp3) is 0.269. The minimum atomic E-state index is -3.43. The van der Waals surface area contributed by atoms with Crippen LogP contribution in [0.1, 0.15) is 18.4 Å². The van der Waals surface area contributed by atoms with E-state index < -0.39 is 19.3 Å². The predicted molar refractivity (Wildman–Crippen MR) is 133 cm³/mol. The number of anilines is 3. The number of aryl methyl sites for hydroxylation is 1. The molecule has 3 aromatic carbocycles. The molecule has 2 aliphatic rings. The number of aliphatic hydroxyl groups excluding tert-OH is 1. The lowest BCUT2D eigenvalue weighted by molar-refractivity contribution is -0.117. The van der Waals surface area contributed by atoms with Gasteiger partial charge in [0.15, 0.2) is 0 Å². The molecule has 2 aliphatic heterocycles. The second-order valence-electron chi connectivity index (χ2n) is 8.64. The zero-order valence-corrected chi connectivity index (χ0v) is 19.5. The maximum atomic E-state index is 15.2. The van der Waals surface area contributed by atoms with Crippen LogP contribution in [-0.2, 0) is 9.36 Å². The van der Waals surface area contributed by atoms with Gasteiger partial charge in [0, 0.05) is 36.6 Å². The SMILES string of the molecule is Cc1ccc(N2C(=O)CC(P3(=O)N(c4ccccc4)CCCN3c3ccccc3)C2O)cc1. The number of rotatable bonds is 4. The van der Waals surface area contributed by atoms with Crippen LogP contribution in [0.3, 0.4) is 0 Å². The Labute approximate surface area is 194 Å². The van der Waals surface area contributed by atoms with Gasteiger partial charge in [0.05, 0.1) is 0 Å². The third-order valence-electron chi connectivity index (χ3n) is 6.55. The van der Waals surface area contributed by atoms with Gasteiger partial charge in [0.2, 0.25) is 5.91 Å². The zero-order valence-electron chi connectivity index (χ0n) is 18.6. The lowest BCUT2D eigenvalue weighted by Gasteiger charge is -2.48. The van der Waals surface area contributed by atoms with E-state index in [4.69, 9.17) is 0 Å². The first kappa shape index (κ1) is 21.7. The molecule has 2 unspecified atom stereocenters. The van der Waals surface area contributed by atoms with Gasteiger partial charge in [0.1, 0.15) is 11.9 Å². The average Bonchev–Trinajstić information content (AvgIpc) is 3.15. The van der Waals surface area contributed by atoms with Gasteiger partial charge in [-0.2, -0.15) is 0 Å². The molecule has 0 saturated carbocycles. The summed E-state index contributed by atoms with van der Waals surface area (Å²) in [5.74, 6) is -0.210. The van der Waals surface area contributed by atoms with E-state index in [0.717, 1.165) is 23.4 Å². The molecule has 0 aromatic heterocycles. The van der Waals surface area contributed by atoms with Gasteiger partial charge in [0.25, 0.3) is 7.44 Å². The van der Waals surface area contributed by atoms with Crippen LogP contribution in [0.25, 0.3) is 0 Å². The van der Waals surface area contributed by atoms with Crippen LogP contribution < -0.4 is 14.2 Å². The fourth-order valence-electron chi connectivity index (χ4n) is 4.93. The Balaban J connectivity index is 1.61. The van der Waals surface area contributed by atoms with E-state index in [-0.39, 0.29) is 12.3 Å². The molecule has 2 fully saturated rings. The number of amides is 1. The molecular weight excluding hydrogens is 433 g/mol.